The third-order valence-corrected chi connectivity index (χ3v) is 3.77. The van der Waals surface area contributed by atoms with Gasteiger partial charge in [-0.05, 0) is 47.6 Å². The highest BCUT2D eigenvalue weighted by atomic mass is 32.1. The average Bonchev–Trinajstić information content (AvgIpc) is 2.65. The summed E-state index contributed by atoms with van der Waals surface area (Å²) < 4.78 is 15.6. The first-order valence-corrected chi connectivity index (χ1v) is 8.45. The summed E-state index contributed by atoms with van der Waals surface area (Å²) in [5.41, 5.74) is 3.18. The predicted octanol–water partition coefficient (Wildman–Crippen LogP) is 3.34. The number of anilines is 1. The number of thiocarbonyl (C=S) groups is 1. The molecule has 134 valence electrons. The van der Waals surface area contributed by atoms with Gasteiger partial charge in [0, 0.05) is 19.3 Å². The molecule has 2 aromatic carbocycles. The first-order chi connectivity index (χ1) is 12.2. The van der Waals surface area contributed by atoms with Crippen LogP contribution in [0.5, 0.6) is 5.75 Å². The van der Waals surface area contributed by atoms with E-state index in [2.05, 4.69) is 10.6 Å². The molecule has 0 fully saturated rings. The van der Waals surface area contributed by atoms with Crippen LogP contribution in [0.15, 0.2) is 48.5 Å². The van der Waals surface area contributed by atoms with E-state index in [0.29, 0.717) is 31.5 Å². The minimum atomic E-state index is 0.573. The van der Waals surface area contributed by atoms with Gasteiger partial charge in [-0.15, -0.1) is 0 Å². The van der Waals surface area contributed by atoms with E-state index >= 15 is 0 Å². The zero-order valence-corrected chi connectivity index (χ0v) is 15.4. The van der Waals surface area contributed by atoms with Gasteiger partial charge in [0.1, 0.15) is 5.75 Å². The standard InChI is InChI=1S/C19H24N2O3S/c1-22-11-12-24-14-16-3-7-17(8-4-16)21-19(25)20-13-15-5-9-18(23-2)10-6-15/h3-10H,11-14H2,1-2H3,(H2,20,21,25). The minimum absolute atomic E-state index is 0.573. The van der Waals surface area contributed by atoms with Gasteiger partial charge in [0.2, 0.25) is 0 Å². The zero-order chi connectivity index (χ0) is 17.9. The molecule has 0 heterocycles. The van der Waals surface area contributed by atoms with Gasteiger partial charge in [0.05, 0.1) is 26.9 Å². The molecule has 6 heteroatoms. The van der Waals surface area contributed by atoms with E-state index < -0.39 is 0 Å². The molecule has 0 aliphatic heterocycles. The molecule has 5 nitrogen and oxygen atoms in total. The molecule has 0 saturated carbocycles. The Bertz CT molecular complexity index is 645. The molecule has 0 aliphatic rings. The lowest BCUT2D eigenvalue weighted by Crippen LogP contribution is -2.27. The molecule has 0 aliphatic carbocycles. The summed E-state index contributed by atoms with van der Waals surface area (Å²) in [5, 5.41) is 6.95. The molecule has 0 spiro atoms. The van der Waals surface area contributed by atoms with Crippen LogP contribution in [0.1, 0.15) is 11.1 Å². The van der Waals surface area contributed by atoms with Gasteiger partial charge in [0.15, 0.2) is 5.11 Å². The quantitative estimate of drug-likeness (QED) is 0.528. The summed E-state index contributed by atoms with van der Waals surface area (Å²) in [7, 11) is 3.32. The Kier molecular flexibility index (Phi) is 8.18. The lowest BCUT2D eigenvalue weighted by molar-refractivity contribution is 0.0617. The van der Waals surface area contributed by atoms with Crippen molar-refractivity contribution in [3.05, 3.63) is 59.7 Å². The first-order valence-electron chi connectivity index (χ1n) is 8.04. The maximum absolute atomic E-state index is 5.49. The molecule has 0 aromatic heterocycles. The number of methoxy groups -OCH3 is 2. The van der Waals surface area contributed by atoms with Gasteiger partial charge < -0.3 is 24.8 Å². The summed E-state index contributed by atoms with van der Waals surface area (Å²) in [6, 6.07) is 15.9. The number of benzene rings is 2. The molecule has 0 amide bonds. The molecule has 0 saturated heterocycles. The Morgan fingerprint density at radius 3 is 2.24 bits per heavy atom. The summed E-state index contributed by atoms with van der Waals surface area (Å²) in [5.74, 6) is 0.843. The fourth-order valence-electron chi connectivity index (χ4n) is 2.12. The van der Waals surface area contributed by atoms with E-state index in [9.17, 15) is 0 Å². The molecule has 2 aromatic rings. The molecule has 25 heavy (non-hydrogen) atoms. The Balaban J connectivity index is 1.74. The fraction of sp³-hybridized carbons (Fsp3) is 0.316. The number of nitrogens with one attached hydrogen (secondary N) is 2. The van der Waals surface area contributed by atoms with Crippen LogP contribution in [-0.4, -0.2) is 32.5 Å². The van der Waals surface area contributed by atoms with Crippen molar-refractivity contribution >= 4 is 23.0 Å². The topological polar surface area (TPSA) is 51.8 Å². The molecule has 0 radical (unpaired) electrons. The van der Waals surface area contributed by atoms with Crippen molar-refractivity contribution in [1.82, 2.24) is 5.32 Å². The van der Waals surface area contributed by atoms with Gasteiger partial charge >= 0.3 is 0 Å². The fourth-order valence-corrected chi connectivity index (χ4v) is 2.31. The van der Waals surface area contributed by atoms with Crippen LogP contribution >= 0.6 is 12.2 Å². The van der Waals surface area contributed by atoms with E-state index in [1.54, 1.807) is 14.2 Å². The van der Waals surface area contributed by atoms with Crippen molar-refractivity contribution in [2.75, 3.05) is 32.8 Å². The van der Waals surface area contributed by atoms with Crippen molar-refractivity contribution in [2.45, 2.75) is 13.2 Å². The van der Waals surface area contributed by atoms with E-state index in [4.69, 9.17) is 26.4 Å². The van der Waals surface area contributed by atoms with Crippen LogP contribution in [0.4, 0.5) is 5.69 Å². The van der Waals surface area contributed by atoms with Crippen LogP contribution in [-0.2, 0) is 22.6 Å². The van der Waals surface area contributed by atoms with Crippen molar-refractivity contribution in [1.29, 1.82) is 0 Å². The summed E-state index contributed by atoms with van der Waals surface area (Å²) in [4.78, 5) is 0. The Morgan fingerprint density at radius 1 is 0.920 bits per heavy atom. The van der Waals surface area contributed by atoms with Crippen molar-refractivity contribution in [3.63, 3.8) is 0 Å². The first kappa shape index (κ1) is 19.2. The smallest absolute Gasteiger partial charge is 0.171 e. The Hall–Kier alpha value is -2.15. The van der Waals surface area contributed by atoms with Gasteiger partial charge in [-0.3, -0.25) is 0 Å². The largest absolute Gasteiger partial charge is 0.497 e. The molecular formula is C19H24N2O3S. The lowest BCUT2D eigenvalue weighted by atomic mass is 10.2. The van der Waals surface area contributed by atoms with Gasteiger partial charge in [0.25, 0.3) is 0 Å². The zero-order valence-electron chi connectivity index (χ0n) is 14.6. The minimum Gasteiger partial charge on any atom is -0.497 e. The van der Waals surface area contributed by atoms with Crippen LogP contribution in [0.25, 0.3) is 0 Å². The highest BCUT2D eigenvalue weighted by Crippen LogP contribution is 2.12. The molecule has 2 rings (SSSR count). The van der Waals surface area contributed by atoms with Gasteiger partial charge in [-0.1, -0.05) is 24.3 Å². The molecule has 2 N–H and O–H groups in total. The third-order valence-electron chi connectivity index (χ3n) is 3.52. The molecule has 0 atom stereocenters. The summed E-state index contributed by atoms with van der Waals surface area (Å²) in [6.07, 6.45) is 0. The van der Waals surface area contributed by atoms with Gasteiger partial charge in [-0.25, -0.2) is 0 Å². The van der Waals surface area contributed by atoms with Crippen LogP contribution in [0.3, 0.4) is 0 Å². The number of rotatable bonds is 9. The van der Waals surface area contributed by atoms with E-state index in [0.717, 1.165) is 22.6 Å². The predicted molar refractivity (Wildman–Crippen MR) is 104 cm³/mol. The SMILES string of the molecule is COCCOCc1ccc(NC(=S)NCc2ccc(OC)cc2)cc1. The highest BCUT2D eigenvalue weighted by Gasteiger charge is 2.00. The van der Waals surface area contributed by atoms with E-state index in [-0.39, 0.29) is 0 Å². The number of hydrogen-bond donors (Lipinski definition) is 2. The second-order valence-corrected chi connectivity index (χ2v) is 5.81. The Morgan fingerprint density at radius 2 is 1.60 bits per heavy atom. The maximum Gasteiger partial charge on any atom is 0.171 e. The third kappa shape index (κ3) is 7.09. The highest BCUT2D eigenvalue weighted by molar-refractivity contribution is 7.80. The average molecular weight is 360 g/mol. The number of ether oxygens (including phenoxy) is 3. The molecule has 0 bridgehead atoms. The van der Waals surface area contributed by atoms with Crippen molar-refractivity contribution < 1.29 is 14.2 Å². The van der Waals surface area contributed by atoms with E-state index in [1.807, 2.05) is 48.5 Å². The second kappa shape index (κ2) is 10.7. The summed E-state index contributed by atoms with van der Waals surface area (Å²) in [6.45, 7) is 2.43. The van der Waals surface area contributed by atoms with Crippen molar-refractivity contribution in [3.8, 4) is 5.75 Å². The summed E-state index contributed by atoms with van der Waals surface area (Å²) >= 11 is 5.33. The second-order valence-electron chi connectivity index (χ2n) is 5.40. The Labute approximate surface area is 154 Å². The van der Waals surface area contributed by atoms with E-state index in [1.165, 1.54) is 0 Å². The molecule has 0 unspecified atom stereocenters. The van der Waals surface area contributed by atoms with Crippen LogP contribution in [0, 0.1) is 0 Å². The van der Waals surface area contributed by atoms with Crippen LogP contribution in [0.2, 0.25) is 0 Å². The monoisotopic (exact) mass is 360 g/mol. The molecular weight excluding hydrogens is 336 g/mol. The lowest BCUT2D eigenvalue weighted by Gasteiger charge is -2.11. The maximum atomic E-state index is 5.49. The van der Waals surface area contributed by atoms with Gasteiger partial charge in [-0.2, -0.15) is 0 Å². The van der Waals surface area contributed by atoms with Crippen LogP contribution < -0.4 is 15.4 Å². The number of hydrogen-bond acceptors (Lipinski definition) is 4. The normalized spacial score (nSPS) is 10.3. The van der Waals surface area contributed by atoms with Crippen molar-refractivity contribution in [2.24, 2.45) is 0 Å².